The van der Waals surface area contributed by atoms with E-state index in [2.05, 4.69) is 5.29 Å². The fraction of sp³-hybridized carbons (Fsp3) is 1.00. The van der Waals surface area contributed by atoms with Gasteiger partial charge in [0, 0.05) is 7.05 Å². The van der Waals surface area contributed by atoms with Crippen molar-refractivity contribution in [2.45, 2.75) is 38.1 Å². The van der Waals surface area contributed by atoms with E-state index in [4.69, 9.17) is 0 Å². The first-order valence-corrected chi connectivity index (χ1v) is 4.89. The maximum atomic E-state index is 10.4. The Morgan fingerprint density at radius 1 is 1.25 bits per heavy atom. The Balaban J connectivity index is 1.99. The molecule has 0 N–H and O–H groups in total. The highest BCUT2D eigenvalue weighted by Crippen LogP contribution is 2.46. The third-order valence-corrected chi connectivity index (χ3v) is 3.65. The molecule has 0 spiro atoms. The van der Waals surface area contributed by atoms with Gasteiger partial charge in [0.1, 0.15) is 0 Å². The predicted octanol–water partition coefficient (Wildman–Crippen LogP) is 2.18. The third kappa shape index (κ3) is 1.11. The molecule has 0 saturated heterocycles. The van der Waals surface area contributed by atoms with Crippen LogP contribution in [0.3, 0.4) is 0 Å². The molecule has 0 heterocycles. The number of fused-ring (bicyclic) bond motifs is 1. The van der Waals surface area contributed by atoms with E-state index in [1.165, 1.54) is 32.1 Å². The minimum Gasteiger partial charge on any atom is -0.261 e. The Morgan fingerprint density at radius 2 is 2.08 bits per heavy atom. The van der Waals surface area contributed by atoms with Gasteiger partial charge in [-0.15, -0.1) is 4.91 Å². The van der Waals surface area contributed by atoms with Crippen molar-refractivity contribution in [3.05, 3.63) is 4.91 Å². The summed E-state index contributed by atoms with van der Waals surface area (Å²) < 4.78 is 0. The summed E-state index contributed by atoms with van der Waals surface area (Å²) in [6.07, 6.45) is 6.53. The van der Waals surface area contributed by atoms with Gasteiger partial charge in [0.25, 0.3) is 0 Å². The molecule has 0 aromatic rings. The number of nitroso groups, excluding NO2 is 1. The van der Waals surface area contributed by atoms with E-state index in [1.54, 1.807) is 5.01 Å². The zero-order valence-corrected chi connectivity index (χ0v) is 7.57. The maximum absolute atomic E-state index is 10.4. The van der Waals surface area contributed by atoms with Crippen LogP contribution in [0.1, 0.15) is 32.1 Å². The summed E-state index contributed by atoms with van der Waals surface area (Å²) in [6, 6.07) is 0.454. The van der Waals surface area contributed by atoms with Crippen LogP contribution in [0.4, 0.5) is 0 Å². The second-order valence-electron chi connectivity index (χ2n) is 4.15. The lowest BCUT2D eigenvalue weighted by Gasteiger charge is -2.47. The van der Waals surface area contributed by atoms with Crippen LogP contribution < -0.4 is 0 Å². The molecule has 2 aliphatic carbocycles. The van der Waals surface area contributed by atoms with E-state index in [-0.39, 0.29) is 0 Å². The largest absolute Gasteiger partial charge is 0.261 e. The fourth-order valence-corrected chi connectivity index (χ4v) is 2.79. The molecule has 0 aromatic heterocycles. The average Bonchev–Trinajstić information content (AvgIpc) is 2.05. The number of hydrogen-bond donors (Lipinski definition) is 0. The molecule has 2 rings (SSSR count). The highest BCUT2D eigenvalue weighted by atomic mass is 16.3. The van der Waals surface area contributed by atoms with Crippen LogP contribution in [-0.4, -0.2) is 18.1 Å². The van der Waals surface area contributed by atoms with Gasteiger partial charge in [-0.2, -0.15) is 0 Å². The number of rotatable bonds is 2. The molecule has 3 atom stereocenters. The molecule has 12 heavy (non-hydrogen) atoms. The van der Waals surface area contributed by atoms with Crippen LogP contribution in [0.5, 0.6) is 0 Å². The highest BCUT2D eigenvalue weighted by molar-refractivity contribution is 4.93. The molecule has 0 aromatic carbocycles. The zero-order chi connectivity index (χ0) is 8.55. The third-order valence-electron chi connectivity index (χ3n) is 3.65. The molecular weight excluding hydrogens is 152 g/mol. The van der Waals surface area contributed by atoms with E-state index in [1.807, 2.05) is 7.05 Å². The predicted molar refractivity (Wildman–Crippen MR) is 47.4 cm³/mol. The number of nitrogens with zero attached hydrogens (tertiary/aromatic N) is 2. The Morgan fingerprint density at radius 3 is 2.67 bits per heavy atom. The lowest BCUT2D eigenvalue weighted by atomic mass is 9.63. The van der Waals surface area contributed by atoms with Crippen molar-refractivity contribution >= 4 is 0 Å². The lowest BCUT2D eigenvalue weighted by molar-refractivity contribution is 0.0170. The van der Waals surface area contributed by atoms with Gasteiger partial charge in [0.2, 0.25) is 0 Å². The van der Waals surface area contributed by atoms with Crippen LogP contribution in [0.2, 0.25) is 0 Å². The first kappa shape index (κ1) is 8.02. The average molecular weight is 168 g/mol. The van der Waals surface area contributed by atoms with E-state index >= 15 is 0 Å². The summed E-state index contributed by atoms with van der Waals surface area (Å²) in [4.78, 5) is 10.4. The minimum absolute atomic E-state index is 0.454. The smallest absolute Gasteiger partial charge is 0.0530 e. The van der Waals surface area contributed by atoms with Crippen molar-refractivity contribution in [1.82, 2.24) is 5.01 Å². The van der Waals surface area contributed by atoms with E-state index in [9.17, 15) is 4.91 Å². The summed E-state index contributed by atoms with van der Waals surface area (Å²) in [5, 5.41) is 4.65. The molecule has 3 heteroatoms. The van der Waals surface area contributed by atoms with Crippen molar-refractivity contribution in [2.75, 3.05) is 7.05 Å². The van der Waals surface area contributed by atoms with Gasteiger partial charge < -0.3 is 0 Å². The van der Waals surface area contributed by atoms with Crippen molar-refractivity contribution in [3.8, 4) is 0 Å². The molecule has 0 amide bonds. The van der Waals surface area contributed by atoms with E-state index < -0.39 is 0 Å². The zero-order valence-electron chi connectivity index (χ0n) is 7.57. The topological polar surface area (TPSA) is 32.7 Å². The molecule has 0 aliphatic heterocycles. The molecular formula is C9H16N2O. The Labute approximate surface area is 73.1 Å². The molecule has 2 aliphatic rings. The molecule has 0 radical (unpaired) electrons. The summed E-state index contributed by atoms with van der Waals surface area (Å²) in [7, 11) is 1.82. The summed E-state index contributed by atoms with van der Waals surface area (Å²) in [5.41, 5.74) is 0. The first-order chi connectivity index (χ1) is 5.83. The van der Waals surface area contributed by atoms with Crippen LogP contribution >= 0.6 is 0 Å². The highest BCUT2D eigenvalue weighted by Gasteiger charge is 2.41. The monoisotopic (exact) mass is 168 g/mol. The molecule has 3 nitrogen and oxygen atoms in total. The van der Waals surface area contributed by atoms with E-state index in [0.717, 1.165) is 11.8 Å². The molecule has 68 valence electrons. The van der Waals surface area contributed by atoms with Crippen LogP contribution in [-0.2, 0) is 0 Å². The maximum Gasteiger partial charge on any atom is 0.0530 e. The Hall–Kier alpha value is -0.600. The van der Waals surface area contributed by atoms with Crippen molar-refractivity contribution < 1.29 is 0 Å². The molecule has 2 fully saturated rings. The first-order valence-electron chi connectivity index (χ1n) is 4.89. The van der Waals surface area contributed by atoms with E-state index in [0.29, 0.717) is 6.04 Å². The van der Waals surface area contributed by atoms with Gasteiger partial charge in [-0.3, -0.25) is 5.01 Å². The van der Waals surface area contributed by atoms with Gasteiger partial charge in [0.15, 0.2) is 0 Å². The fourth-order valence-electron chi connectivity index (χ4n) is 2.79. The summed E-state index contributed by atoms with van der Waals surface area (Å²) in [6.45, 7) is 0. The Kier molecular flexibility index (Phi) is 2.03. The second kappa shape index (κ2) is 3.04. The SMILES string of the molecule is CN(N=O)C1CCCC2CCC21. The van der Waals surface area contributed by atoms with Gasteiger partial charge in [0.05, 0.1) is 11.3 Å². The van der Waals surface area contributed by atoms with Gasteiger partial charge in [-0.05, 0) is 31.1 Å². The molecule has 0 bridgehead atoms. The van der Waals surface area contributed by atoms with Gasteiger partial charge in [-0.25, -0.2) is 0 Å². The van der Waals surface area contributed by atoms with Crippen molar-refractivity contribution in [1.29, 1.82) is 0 Å². The van der Waals surface area contributed by atoms with Crippen molar-refractivity contribution in [2.24, 2.45) is 17.1 Å². The quantitative estimate of drug-likeness (QED) is 0.467. The number of hydrogen-bond acceptors (Lipinski definition) is 2. The Bertz CT molecular complexity index is 183. The van der Waals surface area contributed by atoms with Crippen LogP contribution in [0.25, 0.3) is 0 Å². The summed E-state index contributed by atoms with van der Waals surface area (Å²) >= 11 is 0. The van der Waals surface area contributed by atoms with Gasteiger partial charge >= 0.3 is 0 Å². The second-order valence-corrected chi connectivity index (χ2v) is 4.15. The van der Waals surface area contributed by atoms with Crippen LogP contribution in [0, 0.1) is 16.7 Å². The van der Waals surface area contributed by atoms with Gasteiger partial charge in [-0.1, -0.05) is 12.8 Å². The van der Waals surface area contributed by atoms with Crippen LogP contribution in [0.15, 0.2) is 5.29 Å². The normalized spacial score (nSPS) is 39.6. The molecule has 3 unspecified atom stereocenters. The lowest BCUT2D eigenvalue weighted by Crippen LogP contribution is -2.46. The minimum atomic E-state index is 0.454. The van der Waals surface area contributed by atoms with Crippen molar-refractivity contribution in [3.63, 3.8) is 0 Å². The molecule has 2 saturated carbocycles. The summed E-state index contributed by atoms with van der Waals surface area (Å²) in [5.74, 6) is 1.69. The standard InChI is InChI=1S/C9H16N2O/c1-11(10-12)9-4-2-3-7-5-6-8(7)9/h7-9H,2-6H2,1H3.